The molecule has 0 unspecified atom stereocenters. The zero-order chi connectivity index (χ0) is 11.5. The molecular formula is C10H14O3S2. The first-order valence-corrected chi connectivity index (χ1v) is 8.13. The van der Waals surface area contributed by atoms with Gasteiger partial charge in [-0.15, -0.1) is 0 Å². The molecule has 0 aliphatic rings. The summed E-state index contributed by atoms with van der Waals surface area (Å²) in [6, 6.07) is 9.31. The topological polar surface area (TPSA) is 57.2 Å². The molecule has 1 rings (SSSR count). The second-order valence-electron chi connectivity index (χ2n) is 3.50. The first-order chi connectivity index (χ1) is 6.90. The highest BCUT2D eigenvalue weighted by molar-refractivity contribution is 7.97. The third-order valence-corrected chi connectivity index (χ3v) is 4.63. The molecule has 0 spiro atoms. The standard InChI is InChI=1S/C10H14O3S2/c1-14(2)10(8-15(11,12)13)9-6-4-3-5-7-9/h3-7,10H,8H2,1-2H3/t10-/m1/s1. The van der Waals surface area contributed by atoms with Crippen LogP contribution in [-0.4, -0.2) is 31.2 Å². The van der Waals surface area contributed by atoms with Crippen molar-refractivity contribution in [1.29, 1.82) is 0 Å². The summed E-state index contributed by atoms with van der Waals surface area (Å²) in [6.45, 7) is 0. The van der Waals surface area contributed by atoms with E-state index in [9.17, 15) is 13.0 Å². The number of rotatable bonds is 4. The molecule has 0 aliphatic carbocycles. The van der Waals surface area contributed by atoms with Gasteiger partial charge < -0.3 is 4.55 Å². The van der Waals surface area contributed by atoms with E-state index in [0.29, 0.717) is 0 Å². The average molecular weight is 246 g/mol. The van der Waals surface area contributed by atoms with Crippen LogP contribution in [0.1, 0.15) is 10.8 Å². The van der Waals surface area contributed by atoms with E-state index in [1.54, 1.807) is 0 Å². The molecule has 0 N–H and O–H groups in total. The minimum absolute atomic E-state index is 0.130. The van der Waals surface area contributed by atoms with Gasteiger partial charge in [0, 0.05) is 5.56 Å². The molecule has 0 radical (unpaired) electrons. The fraction of sp³-hybridized carbons (Fsp3) is 0.400. The van der Waals surface area contributed by atoms with E-state index in [0.717, 1.165) is 5.56 Å². The quantitative estimate of drug-likeness (QED) is 0.591. The fourth-order valence-corrected chi connectivity index (χ4v) is 4.21. The molecule has 0 saturated carbocycles. The van der Waals surface area contributed by atoms with Crippen LogP contribution in [0.25, 0.3) is 0 Å². The van der Waals surface area contributed by atoms with Gasteiger partial charge in [-0.3, -0.25) is 0 Å². The number of hydrogen-bond acceptors (Lipinski definition) is 3. The third-order valence-electron chi connectivity index (χ3n) is 2.10. The highest BCUT2D eigenvalue weighted by Gasteiger charge is 2.25. The summed E-state index contributed by atoms with van der Waals surface area (Å²) >= 11 is 0. The van der Waals surface area contributed by atoms with Gasteiger partial charge in [0.05, 0.1) is 28.4 Å². The molecule has 1 aromatic rings. The van der Waals surface area contributed by atoms with Crippen molar-refractivity contribution in [3.63, 3.8) is 0 Å². The van der Waals surface area contributed by atoms with Crippen molar-refractivity contribution >= 4 is 21.0 Å². The Balaban J connectivity index is 2.95. The minimum Gasteiger partial charge on any atom is -0.748 e. The van der Waals surface area contributed by atoms with Gasteiger partial charge in [-0.05, 0) is 10.9 Å². The molecule has 5 heteroatoms. The molecule has 0 saturated heterocycles. The summed E-state index contributed by atoms with van der Waals surface area (Å²) in [5, 5.41) is -0.186. The summed E-state index contributed by atoms with van der Waals surface area (Å²) in [6.07, 6.45) is 3.89. The largest absolute Gasteiger partial charge is 0.748 e. The second-order valence-corrected chi connectivity index (χ2v) is 7.28. The van der Waals surface area contributed by atoms with Gasteiger partial charge in [0.1, 0.15) is 0 Å². The van der Waals surface area contributed by atoms with Crippen LogP contribution in [0.4, 0.5) is 0 Å². The second kappa shape index (κ2) is 5.01. The number of benzene rings is 1. The predicted octanol–water partition coefficient (Wildman–Crippen LogP) is 1.15. The van der Waals surface area contributed by atoms with Crippen LogP contribution in [0.15, 0.2) is 30.3 Å². The summed E-state index contributed by atoms with van der Waals surface area (Å²) in [7, 11) is -4.29. The molecule has 84 valence electrons. The molecule has 1 atom stereocenters. The fourth-order valence-electron chi connectivity index (χ4n) is 1.36. The van der Waals surface area contributed by atoms with Gasteiger partial charge in [-0.1, -0.05) is 30.3 Å². The first-order valence-electron chi connectivity index (χ1n) is 4.45. The molecule has 0 fully saturated rings. The smallest absolute Gasteiger partial charge is 0.155 e. The normalized spacial score (nSPS) is 14.1. The Morgan fingerprint density at radius 3 is 2.20 bits per heavy atom. The number of hydrogen-bond donors (Lipinski definition) is 0. The van der Waals surface area contributed by atoms with Crippen molar-refractivity contribution in [2.24, 2.45) is 0 Å². The van der Waals surface area contributed by atoms with Crippen molar-refractivity contribution < 1.29 is 13.0 Å². The molecule has 3 nitrogen and oxygen atoms in total. The maximum Gasteiger partial charge on any atom is 0.155 e. The van der Waals surface area contributed by atoms with Crippen LogP contribution in [-0.2, 0) is 21.0 Å². The van der Waals surface area contributed by atoms with E-state index in [2.05, 4.69) is 0 Å². The highest BCUT2D eigenvalue weighted by atomic mass is 32.2. The zero-order valence-corrected chi connectivity index (χ0v) is 10.3. The van der Waals surface area contributed by atoms with Crippen LogP contribution < -0.4 is 0 Å². The third kappa shape index (κ3) is 4.24. The zero-order valence-electron chi connectivity index (χ0n) is 8.71. The Morgan fingerprint density at radius 1 is 1.27 bits per heavy atom. The van der Waals surface area contributed by atoms with E-state index in [4.69, 9.17) is 0 Å². The van der Waals surface area contributed by atoms with Gasteiger partial charge in [0.25, 0.3) is 0 Å². The van der Waals surface area contributed by atoms with Crippen LogP contribution in [0, 0.1) is 0 Å². The monoisotopic (exact) mass is 246 g/mol. The Kier molecular flexibility index (Phi) is 4.19. The van der Waals surface area contributed by atoms with E-state index in [-0.39, 0.29) is 21.9 Å². The van der Waals surface area contributed by atoms with E-state index in [1.165, 1.54) is 0 Å². The van der Waals surface area contributed by atoms with Crippen LogP contribution in [0.3, 0.4) is 0 Å². The van der Waals surface area contributed by atoms with Gasteiger partial charge in [-0.2, -0.15) is 0 Å². The van der Waals surface area contributed by atoms with E-state index in [1.807, 2.05) is 42.8 Å². The lowest BCUT2D eigenvalue weighted by molar-refractivity contribution is 0.462. The van der Waals surface area contributed by atoms with E-state index < -0.39 is 10.1 Å². The predicted molar refractivity (Wildman–Crippen MR) is 63.0 cm³/mol. The van der Waals surface area contributed by atoms with Gasteiger partial charge >= 0.3 is 0 Å². The Hall–Kier alpha value is -0.520. The van der Waals surface area contributed by atoms with Crippen LogP contribution in [0.2, 0.25) is 0 Å². The lowest BCUT2D eigenvalue weighted by Gasteiger charge is -2.16. The summed E-state index contributed by atoms with van der Waals surface area (Å²) in [5.41, 5.74) is 0.922. The van der Waals surface area contributed by atoms with Gasteiger partial charge in [0.15, 0.2) is 5.25 Å². The lowest BCUT2D eigenvalue weighted by atomic mass is 10.2. The Labute approximate surface area is 93.6 Å². The van der Waals surface area contributed by atoms with Crippen LogP contribution >= 0.6 is 0 Å². The molecule has 0 heterocycles. The van der Waals surface area contributed by atoms with Crippen molar-refractivity contribution in [3.05, 3.63) is 35.9 Å². The molecule has 0 aliphatic heterocycles. The maximum absolute atomic E-state index is 10.8. The van der Waals surface area contributed by atoms with Gasteiger partial charge in [0.2, 0.25) is 0 Å². The first kappa shape index (κ1) is 12.5. The van der Waals surface area contributed by atoms with Crippen molar-refractivity contribution in [1.82, 2.24) is 0 Å². The molecule has 0 bridgehead atoms. The molecule has 1 aromatic carbocycles. The Morgan fingerprint density at radius 2 is 1.80 bits per heavy atom. The van der Waals surface area contributed by atoms with Crippen molar-refractivity contribution in [3.8, 4) is 0 Å². The summed E-state index contributed by atoms with van der Waals surface area (Å²) < 4.78 is 32.3. The summed E-state index contributed by atoms with van der Waals surface area (Å²) in [5.74, 6) is -0.312. The minimum atomic E-state index is -4.16. The maximum atomic E-state index is 10.8. The van der Waals surface area contributed by atoms with Gasteiger partial charge in [-0.25, -0.2) is 8.42 Å². The average Bonchev–Trinajstić information content (AvgIpc) is 2.14. The Bertz CT molecular complexity index is 398. The van der Waals surface area contributed by atoms with E-state index >= 15 is 0 Å². The molecule has 0 amide bonds. The molecule has 15 heavy (non-hydrogen) atoms. The lowest BCUT2D eigenvalue weighted by Crippen LogP contribution is -2.20. The van der Waals surface area contributed by atoms with Crippen molar-refractivity contribution in [2.75, 3.05) is 18.3 Å². The van der Waals surface area contributed by atoms with Crippen LogP contribution in [0.5, 0.6) is 0 Å². The summed E-state index contributed by atoms with van der Waals surface area (Å²) in [4.78, 5) is 0. The highest BCUT2D eigenvalue weighted by Crippen LogP contribution is 2.23. The molecular weight excluding hydrogens is 232 g/mol. The van der Waals surface area contributed by atoms with Crippen molar-refractivity contribution in [2.45, 2.75) is 5.25 Å². The molecule has 0 aromatic heterocycles. The SMILES string of the molecule is C[S+](C)[C@H](CS(=O)(=O)[O-])c1ccccc1.